The molecule has 2 N–H and O–H groups in total. The molecule has 7 heteroatoms. The summed E-state index contributed by atoms with van der Waals surface area (Å²) in [5.41, 5.74) is 1.85. The summed E-state index contributed by atoms with van der Waals surface area (Å²) in [6.45, 7) is 0.864. The van der Waals surface area contributed by atoms with E-state index in [1.807, 2.05) is 24.3 Å². The van der Waals surface area contributed by atoms with E-state index < -0.39 is 0 Å². The standard InChI is InChI=1S/C15H15N3O3S/c1-19-14-5-3-11(8-16-14)18-15(22)17-7-10-2-4-12-13(6-10)21-9-20-12/h2-6,8H,7,9H2,1H3,(H2,17,18,22). The zero-order valence-corrected chi connectivity index (χ0v) is 12.8. The number of hydrogen-bond donors (Lipinski definition) is 2. The van der Waals surface area contributed by atoms with Crippen LogP contribution in [0.3, 0.4) is 0 Å². The molecule has 0 radical (unpaired) electrons. The predicted octanol–water partition coefficient (Wildman–Crippen LogP) is 2.31. The van der Waals surface area contributed by atoms with Crippen molar-refractivity contribution in [2.45, 2.75) is 6.54 Å². The zero-order chi connectivity index (χ0) is 15.4. The van der Waals surface area contributed by atoms with Crippen molar-refractivity contribution in [3.63, 3.8) is 0 Å². The van der Waals surface area contributed by atoms with Crippen LogP contribution in [0.1, 0.15) is 5.56 Å². The molecule has 1 aliphatic rings. The van der Waals surface area contributed by atoms with Crippen LogP contribution in [0.15, 0.2) is 36.5 Å². The Hall–Kier alpha value is -2.54. The van der Waals surface area contributed by atoms with E-state index >= 15 is 0 Å². The molecular weight excluding hydrogens is 302 g/mol. The van der Waals surface area contributed by atoms with Gasteiger partial charge in [0.1, 0.15) is 0 Å². The maximum atomic E-state index is 5.34. The molecule has 0 bridgehead atoms. The third-order valence-electron chi connectivity index (χ3n) is 3.09. The normalized spacial score (nSPS) is 11.9. The smallest absolute Gasteiger partial charge is 0.231 e. The third-order valence-corrected chi connectivity index (χ3v) is 3.34. The Morgan fingerprint density at radius 2 is 2.14 bits per heavy atom. The van der Waals surface area contributed by atoms with Gasteiger partial charge in [0.25, 0.3) is 0 Å². The van der Waals surface area contributed by atoms with Crippen molar-refractivity contribution >= 4 is 23.0 Å². The van der Waals surface area contributed by atoms with Crippen molar-refractivity contribution in [1.82, 2.24) is 10.3 Å². The Kier molecular flexibility index (Phi) is 4.24. The Bertz CT molecular complexity index is 676. The highest BCUT2D eigenvalue weighted by Crippen LogP contribution is 2.32. The van der Waals surface area contributed by atoms with Gasteiger partial charge in [-0.2, -0.15) is 0 Å². The van der Waals surface area contributed by atoms with Crippen LogP contribution in [0.4, 0.5) is 5.69 Å². The maximum absolute atomic E-state index is 5.34. The minimum atomic E-state index is 0.274. The first-order valence-electron chi connectivity index (χ1n) is 6.68. The van der Waals surface area contributed by atoms with Crippen LogP contribution in [0.5, 0.6) is 17.4 Å². The number of thiocarbonyl (C=S) groups is 1. The highest BCUT2D eigenvalue weighted by molar-refractivity contribution is 7.80. The van der Waals surface area contributed by atoms with Crippen LogP contribution in [0.25, 0.3) is 0 Å². The molecule has 1 aromatic heterocycles. The van der Waals surface area contributed by atoms with E-state index in [0.29, 0.717) is 17.5 Å². The molecule has 0 saturated heterocycles. The molecule has 0 saturated carbocycles. The van der Waals surface area contributed by atoms with Gasteiger partial charge < -0.3 is 24.8 Å². The fourth-order valence-corrected chi connectivity index (χ4v) is 2.17. The second-order valence-electron chi connectivity index (χ2n) is 4.58. The number of methoxy groups -OCH3 is 1. The number of hydrogen-bond acceptors (Lipinski definition) is 5. The number of fused-ring (bicyclic) bond motifs is 1. The number of benzene rings is 1. The van der Waals surface area contributed by atoms with E-state index in [1.54, 1.807) is 19.4 Å². The van der Waals surface area contributed by atoms with Crippen molar-refractivity contribution in [2.75, 3.05) is 19.2 Å². The number of rotatable bonds is 4. The van der Waals surface area contributed by atoms with Crippen molar-refractivity contribution in [1.29, 1.82) is 0 Å². The first-order chi connectivity index (χ1) is 10.7. The summed E-state index contributed by atoms with van der Waals surface area (Å²) < 4.78 is 15.6. The van der Waals surface area contributed by atoms with Crippen molar-refractivity contribution in [3.8, 4) is 17.4 Å². The van der Waals surface area contributed by atoms with Gasteiger partial charge in [-0.05, 0) is 36.0 Å². The first-order valence-corrected chi connectivity index (χ1v) is 7.09. The average molecular weight is 317 g/mol. The first kappa shape index (κ1) is 14.4. The number of pyridine rings is 1. The lowest BCUT2D eigenvalue weighted by Gasteiger charge is -2.11. The highest BCUT2D eigenvalue weighted by Gasteiger charge is 2.13. The molecular formula is C15H15N3O3S. The molecule has 114 valence electrons. The van der Waals surface area contributed by atoms with E-state index in [2.05, 4.69) is 15.6 Å². The molecule has 22 heavy (non-hydrogen) atoms. The van der Waals surface area contributed by atoms with Gasteiger partial charge in [-0.15, -0.1) is 0 Å². The van der Waals surface area contributed by atoms with E-state index in [0.717, 1.165) is 22.7 Å². The molecule has 2 aromatic rings. The number of nitrogens with one attached hydrogen (secondary N) is 2. The van der Waals surface area contributed by atoms with E-state index in [-0.39, 0.29) is 6.79 Å². The molecule has 0 unspecified atom stereocenters. The minimum Gasteiger partial charge on any atom is -0.481 e. The van der Waals surface area contributed by atoms with Crippen LogP contribution >= 0.6 is 12.2 Å². The lowest BCUT2D eigenvalue weighted by molar-refractivity contribution is 0.174. The lowest BCUT2D eigenvalue weighted by Crippen LogP contribution is -2.27. The largest absolute Gasteiger partial charge is 0.481 e. The fraction of sp³-hybridized carbons (Fsp3) is 0.200. The van der Waals surface area contributed by atoms with Gasteiger partial charge in [-0.1, -0.05) is 6.07 Å². The summed E-state index contributed by atoms with van der Waals surface area (Å²) >= 11 is 5.26. The molecule has 0 aliphatic carbocycles. The molecule has 0 amide bonds. The Morgan fingerprint density at radius 1 is 1.27 bits per heavy atom. The van der Waals surface area contributed by atoms with Crippen LogP contribution in [-0.4, -0.2) is 24.0 Å². The van der Waals surface area contributed by atoms with Gasteiger partial charge in [0, 0.05) is 12.6 Å². The second-order valence-corrected chi connectivity index (χ2v) is 4.99. The fourth-order valence-electron chi connectivity index (χ4n) is 1.98. The monoisotopic (exact) mass is 317 g/mol. The van der Waals surface area contributed by atoms with Gasteiger partial charge in [-0.25, -0.2) is 4.98 Å². The third kappa shape index (κ3) is 3.37. The van der Waals surface area contributed by atoms with E-state index in [9.17, 15) is 0 Å². The van der Waals surface area contributed by atoms with Gasteiger partial charge in [0.15, 0.2) is 16.6 Å². The lowest BCUT2D eigenvalue weighted by atomic mass is 10.2. The highest BCUT2D eigenvalue weighted by atomic mass is 32.1. The molecule has 0 spiro atoms. The number of aromatic nitrogens is 1. The molecule has 2 heterocycles. The summed E-state index contributed by atoms with van der Waals surface area (Å²) in [5, 5.41) is 6.71. The van der Waals surface area contributed by atoms with Gasteiger partial charge in [0.05, 0.1) is 19.0 Å². The van der Waals surface area contributed by atoms with Crippen molar-refractivity contribution in [3.05, 3.63) is 42.1 Å². The molecule has 3 rings (SSSR count). The molecule has 0 atom stereocenters. The Labute approximate surface area is 133 Å². The van der Waals surface area contributed by atoms with Gasteiger partial charge >= 0.3 is 0 Å². The topological polar surface area (TPSA) is 64.6 Å². The second kappa shape index (κ2) is 6.48. The van der Waals surface area contributed by atoms with E-state index in [4.69, 9.17) is 26.4 Å². The molecule has 1 aliphatic heterocycles. The number of anilines is 1. The quantitative estimate of drug-likeness (QED) is 0.839. The Morgan fingerprint density at radius 3 is 2.91 bits per heavy atom. The summed E-state index contributed by atoms with van der Waals surface area (Å²) in [4.78, 5) is 4.11. The van der Waals surface area contributed by atoms with Crippen LogP contribution in [0, 0.1) is 0 Å². The number of nitrogens with zero attached hydrogens (tertiary/aromatic N) is 1. The number of ether oxygens (including phenoxy) is 3. The van der Waals surface area contributed by atoms with Crippen molar-refractivity contribution in [2.24, 2.45) is 0 Å². The predicted molar refractivity (Wildman–Crippen MR) is 86.4 cm³/mol. The SMILES string of the molecule is COc1ccc(NC(=S)NCc2ccc3c(c2)OCO3)cn1. The zero-order valence-electron chi connectivity index (χ0n) is 12.0. The summed E-state index contributed by atoms with van der Waals surface area (Å²) in [6.07, 6.45) is 1.66. The summed E-state index contributed by atoms with van der Waals surface area (Å²) in [6, 6.07) is 9.41. The average Bonchev–Trinajstić information content (AvgIpc) is 3.01. The van der Waals surface area contributed by atoms with Gasteiger partial charge in [-0.3, -0.25) is 0 Å². The van der Waals surface area contributed by atoms with E-state index in [1.165, 1.54) is 0 Å². The summed E-state index contributed by atoms with van der Waals surface area (Å²) in [7, 11) is 1.58. The molecule has 0 fully saturated rings. The van der Waals surface area contributed by atoms with Crippen LogP contribution in [0.2, 0.25) is 0 Å². The molecule has 1 aromatic carbocycles. The molecule has 6 nitrogen and oxygen atoms in total. The Balaban J connectivity index is 1.53. The van der Waals surface area contributed by atoms with Crippen LogP contribution in [-0.2, 0) is 6.54 Å². The minimum absolute atomic E-state index is 0.274. The van der Waals surface area contributed by atoms with Crippen LogP contribution < -0.4 is 24.8 Å². The van der Waals surface area contributed by atoms with Gasteiger partial charge in [0.2, 0.25) is 12.7 Å². The maximum Gasteiger partial charge on any atom is 0.231 e. The summed E-state index contributed by atoms with van der Waals surface area (Å²) in [5.74, 6) is 2.09. The van der Waals surface area contributed by atoms with Crippen molar-refractivity contribution < 1.29 is 14.2 Å².